The molecule has 0 aromatic heterocycles. The topological polar surface area (TPSA) is 55.4 Å². The van der Waals surface area contributed by atoms with Crippen LogP contribution in [0.15, 0.2) is 27.6 Å². The van der Waals surface area contributed by atoms with Crippen LogP contribution in [0, 0.1) is 0 Å². The largest absolute Gasteiger partial charge is 0.380 e. The van der Waals surface area contributed by atoms with Crippen LogP contribution in [-0.4, -0.2) is 28.2 Å². The highest BCUT2D eigenvalue weighted by Crippen LogP contribution is 2.24. The van der Waals surface area contributed by atoms with Gasteiger partial charge < -0.3 is 4.74 Å². The summed E-state index contributed by atoms with van der Waals surface area (Å²) in [6.07, 6.45) is -0.195. The molecule has 0 saturated heterocycles. The van der Waals surface area contributed by atoms with Crippen molar-refractivity contribution in [3.63, 3.8) is 0 Å². The van der Waals surface area contributed by atoms with E-state index >= 15 is 0 Å². The van der Waals surface area contributed by atoms with E-state index in [1.165, 1.54) is 19.2 Å². The molecule has 0 saturated carbocycles. The second-order valence-electron chi connectivity index (χ2n) is 3.47. The van der Waals surface area contributed by atoms with Crippen molar-refractivity contribution in [2.24, 2.45) is 0 Å². The van der Waals surface area contributed by atoms with E-state index < -0.39 is 10.0 Å². The Bertz CT molecular complexity index is 492. The van der Waals surface area contributed by atoms with Gasteiger partial charge in [0.15, 0.2) is 0 Å². The molecule has 0 bridgehead atoms. The van der Waals surface area contributed by atoms with Crippen LogP contribution in [0.25, 0.3) is 0 Å². The van der Waals surface area contributed by atoms with Gasteiger partial charge in [-0.3, -0.25) is 0 Å². The van der Waals surface area contributed by atoms with E-state index in [9.17, 15) is 8.42 Å². The SMILES string of the molecule is COC(C)CNS(=O)(=O)c1ccc(Br)cc1Cl. The molecule has 0 fully saturated rings. The number of halogens is 2. The van der Waals surface area contributed by atoms with Crippen molar-refractivity contribution in [3.05, 3.63) is 27.7 Å². The molecule has 96 valence electrons. The fourth-order valence-corrected chi connectivity index (χ4v) is 3.23. The predicted molar refractivity (Wildman–Crippen MR) is 70.8 cm³/mol. The molecule has 1 unspecified atom stereocenters. The molecule has 0 aliphatic rings. The summed E-state index contributed by atoms with van der Waals surface area (Å²) in [4.78, 5) is 0.0608. The number of rotatable bonds is 5. The van der Waals surface area contributed by atoms with Crippen LogP contribution in [-0.2, 0) is 14.8 Å². The second kappa shape index (κ2) is 6.15. The zero-order chi connectivity index (χ0) is 13.1. The molecule has 1 rings (SSSR count). The lowest BCUT2D eigenvalue weighted by atomic mass is 10.4. The van der Waals surface area contributed by atoms with Crippen LogP contribution in [0.3, 0.4) is 0 Å². The molecule has 0 radical (unpaired) electrons. The third-order valence-electron chi connectivity index (χ3n) is 2.15. The average molecular weight is 343 g/mol. The summed E-state index contributed by atoms with van der Waals surface area (Å²) < 4.78 is 32.0. The number of benzene rings is 1. The van der Waals surface area contributed by atoms with Crippen molar-refractivity contribution < 1.29 is 13.2 Å². The van der Waals surface area contributed by atoms with Crippen molar-refractivity contribution in [2.75, 3.05) is 13.7 Å². The lowest BCUT2D eigenvalue weighted by Crippen LogP contribution is -2.31. The van der Waals surface area contributed by atoms with Gasteiger partial charge in [0.1, 0.15) is 4.90 Å². The Hall–Kier alpha value is -0.140. The number of hydrogen-bond acceptors (Lipinski definition) is 3. The minimum absolute atomic E-state index is 0.0608. The normalized spacial score (nSPS) is 13.6. The van der Waals surface area contributed by atoms with Gasteiger partial charge in [-0.05, 0) is 25.1 Å². The standard InChI is InChI=1S/C10H13BrClNO3S/c1-7(16-2)6-13-17(14,15)10-4-3-8(11)5-9(10)12/h3-5,7,13H,6H2,1-2H3. The Kier molecular flexibility index (Phi) is 5.40. The van der Waals surface area contributed by atoms with Gasteiger partial charge in [0.25, 0.3) is 0 Å². The fourth-order valence-electron chi connectivity index (χ4n) is 1.08. The Balaban J connectivity index is 2.90. The molecule has 0 spiro atoms. The monoisotopic (exact) mass is 341 g/mol. The number of sulfonamides is 1. The molecule has 0 amide bonds. The average Bonchev–Trinajstić information content (AvgIpc) is 2.25. The Morgan fingerprint density at radius 2 is 2.18 bits per heavy atom. The highest BCUT2D eigenvalue weighted by atomic mass is 79.9. The Morgan fingerprint density at radius 1 is 1.53 bits per heavy atom. The number of methoxy groups -OCH3 is 1. The fraction of sp³-hybridized carbons (Fsp3) is 0.400. The van der Waals surface area contributed by atoms with E-state index in [-0.39, 0.29) is 22.6 Å². The molecule has 1 aromatic carbocycles. The van der Waals surface area contributed by atoms with Crippen molar-refractivity contribution in [1.29, 1.82) is 0 Å². The molecule has 1 atom stereocenters. The van der Waals surface area contributed by atoms with Gasteiger partial charge in [-0.2, -0.15) is 0 Å². The molecule has 1 aromatic rings. The van der Waals surface area contributed by atoms with E-state index in [0.29, 0.717) is 0 Å². The Labute approximate surface area is 114 Å². The molecular weight excluding hydrogens is 330 g/mol. The summed E-state index contributed by atoms with van der Waals surface area (Å²) in [5.74, 6) is 0. The number of hydrogen-bond donors (Lipinski definition) is 1. The quantitative estimate of drug-likeness (QED) is 0.894. The van der Waals surface area contributed by atoms with Gasteiger partial charge in [-0.1, -0.05) is 27.5 Å². The van der Waals surface area contributed by atoms with Crippen molar-refractivity contribution in [2.45, 2.75) is 17.9 Å². The first kappa shape index (κ1) is 14.9. The Morgan fingerprint density at radius 3 is 2.71 bits per heavy atom. The van der Waals surface area contributed by atoms with Crippen LogP contribution >= 0.6 is 27.5 Å². The summed E-state index contributed by atoms with van der Waals surface area (Å²) in [5, 5.41) is 0.178. The van der Waals surface area contributed by atoms with Gasteiger partial charge in [-0.15, -0.1) is 0 Å². The van der Waals surface area contributed by atoms with E-state index in [1.807, 2.05) is 0 Å². The van der Waals surface area contributed by atoms with Crippen LogP contribution < -0.4 is 4.72 Å². The first-order valence-electron chi connectivity index (χ1n) is 4.84. The summed E-state index contributed by atoms with van der Waals surface area (Å²) in [7, 11) is -2.08. The third kappa shape index (κ3) is 4.22. The molecule has 1 N–H and O–H groups in total. The molecule has 7 heteroatoms. The van der Waals surface area contributed by atoms with E-state index in [0.717, 1.165) is 4.47 Å². The van der Waals surface area contributed by atoms with E-state index in [1.54, 1.807) is 13.0 Å². The van der Waals surface area contributed by atoms with Crippen molar-refractivity contribution in [1.82, 2.24) is 4.72 Å². The zero-order valence-electron chi connectivity index (χ0n) is 9.41. The minimum atomic E-state index is -3.60. The van der Waals surface area contributed by atoms with Gasteiger partial charge in [0.05, 0.1) is 11.1 Å². The van der Waals surface area contributed by atoms with Gasteiger partial charge in [0, 0.05) is 18.1 Å². The maximum atomic E-state index is 11.9. The van der Waals surface area contributed by atoms with E-state index in [4.69, 9.17) is 16.3 Å². The van der Waals surface area contributed by atoms with Crippen molar-refractivity contribution in [3.8, 4) is 0 Å². The molecule has 17 heavy (non-hydrogen) atoms. The third-order valence-corrected chi connectivity index (χ3v) is 4.55. The zero-order valence-corrected chi connectivity index (χ0v) is 12.6. The molecule has 4 nitrogen and oxygen atoms in total. The van der Waals surface area contributed by atoms with Crippen molar-refractivity contribution >= 4 is 37.6 Å². The van der Waals surface area contributed by atoms with Gasteiger partial charge in [-0.25, -0.2) is 13.1 Å². The minimum Gasteiger partial charge on any atom is -0.380 e. The first-order valence-corrected chi connectivity index (χ1v) is 7.49. The molecule has 0 aliphatic heterocycles. The second-order valence-corrected chi connectivity index (χ2v) is 6.53. The summed E-state index contributed by atoms with van der Waals surface area (Å²) in [6.45, 7) is 1.97. The maximum absolute atomic E-state index is 11.9. The van der Waals surface area contributed by atoms with Gasteiger partial charge >= 0.3 is 0 Å². The van der Waals surface area contributed by atoms with E-state index in [2.05, 4.69) is 20.7 Å². The number of nitrogens with one attached hydrogen (secondary N) is 1. The van der Waals surface area contributed by atoms with Gasteiger partial charge in [0.2, 0.25) is 10.0 Å². The lowest BCUT2D eigenvalue weighted by molar-refractivity contribution is 0.122. The number of ether oxygens (including phenoxy) is 1. The summed E-state index contributed by atoms with van der Waals surface area (Å²) in [6, 6.07) is 4.61. The lowest BCUT2D eigenvalue weighted by Gasteiger charge is -2.12. The van der Waals surface area contributed by atoms with Crippen LogP contribution in [0.2, 0.25) is 5.02 Å². The predicted octanol–water partition coefficient (Wildman–Crippen LogP) is 2.42. The summed E-state index contributed by atoms with van der Waals surface area (Å²) >= 11 is 9.10. The molecule has 0 heterocycles. The maximum Gasteiger partial charge on any atom is 0.242 e. The smallest absolute Gasteiger partial charge is 0.242 e. The highest BCUT2D eigenvalue weighted by Gasteiger charge is 2.18. The first-order chi connectivity index (χ1) is 7.86. The van der Waals surface area contributed by atoms with Crippen LogP contribution in [0.1, 0.15) is 6.92 Å². The highest BCUT2D eigenvalue weighted by molar-refractivity contribution is 9.10. The molecule has 0 aliphatic carbocycles. The molecular formula is C10H13BrClNO3S. The van der Waals surface area contributed by atoms with Crippen LogP contribution in [0.4, 0.5) is 0 Å². The van der Waals surface area contributed by atoms with Crippen LogP contribution in [0.5, 0.6) is 0 Å². The summed E-state index contributed by atoms with van der Waals surface area (Å²) in [5.41, 5.74) is 0.